The van der Waals surface area contributed by atoms with E-state index in [0.29, 0.717) is 0 Å². The monoisotopic (exact) mass is 181 g/mol. The molecule has 0 amide bonds. The zero-order valence-electron chi connectivity index (χ0n) is 6.67. The lowest BCUT2D eigenvalue weighted by Gasteiger charge is -2.15. The minimum Gasteiger partial charge on any atom is -0.368 e. The molecule has 0 spiro atoms. The molecule has 5 N–H and O–H groups in total. The van der Waals surface area contributed by atoms with Crippen LogP contribution in [0.2, 0.25) is 0 Å². The highest BCUT2D eigenvalue weighted by molar-refractivity contribution is 4.48. The van der Waals surface area contributed by atoms with Crippen molar-refractivity contribution in [3.05, 3.63) is 0 Å². The van der Waals surface area contributed by atoms with Crippen molar-refractivity contribution in [2.45, 2.75) is 25.4 Å². The maximum absolute atomic E-state index is 8.94. The Hall–Kier alpha value is -0.240. The molecule has 0 aromatic rings. The third-order valence-electron chi connectivity index (χ3n) is 1.29. The van der Waals surface area contributed by atoms with Crippen molar-refractivity contribution in [3.8, 4) is 0 Å². The molecule has 6 heteroatoms. The van der Waals surface area contributed by atoms with E-state index in [4.69, 9.17) is 25.6 Å². The number of hydrogen-bond donors (Lipinski definition) is 5. The van der Waals surface area contributed by atoms with Gasteiger partial charge >= 0.3 is 0 Å². The van der Waals surface area contributed by atoms with Gasteiger partial charge in [-0.25, -0.2) is 0 Å². The summed E-state index contributed by atoms with van der Waals surface area (Å²) in [6.45, 7) is 0.175. The standard InChI is InChI=1S/C6H15NO5/c8-5(9)1-3-7(12)4-2-6(10)11/h5-6,8-12H,1-4H2. The van der Waals surface area contributed by atoms with E-state index in [9.17, 15) is 0 Å². The lowest BCUT2D eigenvalue weighted by Crippen LogP contribution is -2.27. The van der Waals surface area contributed by atoms with E-state index >= 15 is 0 Å². The van der Waals surface area contributed by atoms with Crippen LogP contribution >= 0.6 is 0 Å². The summed E-state index contributed by atoms with van der Waals surface area (Å²) >= 11 is 0. The van der Waals surface area contributed by atoms with E-state index in [-0.39, 0.29) is 25.9 Å². The molecular weight excluding hydrogens is 166 g/mol. The van der Waals surface area contributed by atoms with E-state index in [1.165, 1.54) is 0 Å². The molecular formula is C6H15NO5. The number of hydroxylamine groups is 2. The summed E-state index contributed by atoms with van der Waals surface area (Å²) in [4.78, 5) is 0. The van der Waals surface area contributed by atoms with Crippen LogP contribution in [0.5, 0.6) is 0 Å². The largest absolute Gasteiger partial charge is 0.368 e. The Morgan fingerprint density at radius 1 is 0.833 bits per heavy atom. The molecule has 0 unspecified atom stereocenters. The Labute approximate surface area is 70.2 Å². The Balaban J connectivity index is 3.27. The lowest BCUT2D eigenvalue weighted by atomic mass is 10.3. The summed E-state index contributed by atoms with van der Waals surface area (Å²) in [5.74, 6) is 0. The van der Waals surface area contributed by atoms with Gasteiger partial charge < -0.3 is 25.6 Å². The first kappa shape index (κ1) is 11.8. The fourth-order valence-electron chi connectivity index (χ4n) is 0.641. The maximum Gasteiger partial charge on any atom is 0.152 e. The van der Waals surface area contributed by atoms with Crippen molar-refractivity contribution >= 4 is 0 Å². The topological polar surface area (TPSA) is 104 Å². The minimum absolute atomic E-state index is 0.0258. The second-order valence-corrected chi connectivity index (χ2v) is 2.49. The molecule has 0 heterocycles. The van der Waals surface area contributed by atoms with Gasteiger partial charge in [0.2, 0.25) is 0 Å². The van der Waals surface area contributed by atoms with E-state index in [1.807, 2.05) is 0 Å². The number of rotatable bonds is 6. The van der Waals surface area contributed by atoms with Crippen molar-refractivity contribution in [1.29, 1.82) is 0 Å². The van der Waals surface area contributed by atoms with Crippen molar-refractivity contribution in [2.24, 2.45) is 0 Å². The molecule has 0 atom stereocenters. The summed E-state index contributed by atoms with van der Waals surface area (Å²) in [5, 5.41) is 43.3. The zero-order valence-corrected chi connectivity index (χ0v) is 6.67. The van der Waals surface area contributed by atoms with Crippen molar-refractivity contribution in [3.63, 3.8) is 0 Å². The molecule has 0 radical (unpaired) electrons. The highest BCUT2D eigenvalue weighted by Gasteiger charge is 2.05. The summed E-state index contributed by atoms with van der Waals surface area (Å²) in [6.07, 6.45) is -2.84. The molecule has 0 aromatic carbocycles. The van der Waals surface area contributed by atoms with Gasteiger partial charge in [0.25, 0.3) is 0 Å². The van der Waals surface area contributed by atoms with E-state index in [0.717, 1.165) is 5.06 Å². The van der Waals surface area contributed by atoms with Crippen LogP contribution in [0.4, 0.5) is 0 Å². The molecule has 0 aliphatic heterocycles. The van der Waals surface area contributed by atoms with Crippen LogP contribution in [-0.2, 0) is 0 Å². The van der Waals surface area contributed by atoms with Crippen LogP contribution in [0.25, 0.3) is 0 Å². The van der Waals surface area contributed by atoms with Crippen LogP contribution in [0.15, 0.2) is 0 Å². The van der Waals surface area contributed by atoms with Crippen molar-refractivity contribution in [2.75, 3.05) is 13.1 Å². The molecule has 0 aliphatic carbocycles. The number of aliphatic hydroxyl groups excluding tert-OH is 2. The molecule has 0 aromatic heterocycles. The normalized spacial score (nSPS) is 12.0. The molecule has 0 fully saturated rings. The molecule has 12 heavy (non-hydrogen) atoms. The van der Waals surface area contributed by atoms with Crippen LogP contribution in [0.3, 0.4) is 0 Å². The predicted octanol–water partition coefficient (Wildman–Crippen LogP) is -1.92. The molecule has 74 valence electrons. The fourth-order valence-corrected chi connectivity index (χ4v) is 0.641. The Kier molecular flexibility index (Phi) is 6.17. The van der Waals surface area contributed by atoms with Crippen molar-refractivity contribution < 1.29 is 25.6 Å². The first-order valence-corrected chi connectivity index (χ1v) is 3.68. The smallest absolute Gasteiger partial charge is 0.152 e. The third-order valence-corrected chi connectivity index (χ3v) is 1.29. The number of aliphatic hydroxyl groups is 4. The highest BCUT2D eigenvalue weighted by Crippen LogP contribution is 1.94. The van der Waals surface area contributed by atoms with Gasteiger partial charge in [-0.05, 0) is 0 Å². The number of hydrogen-bond acceptors (Lipinski definition) is 6. The Morgan fingerprint density at radius 3 is 1.42 bits per heavy atom. The van der Waals surface area contributed by atoms with Crippen LogP contribution in [0.1, 0.15) is 12.8 Å². The van der Waals surface area contributed by atoms with Gasteiger partial charge in [-0.15, -0.1) is 0 Å². The van der Waals surface area contributed by atoms with E-state index in [2.05, 4.69) is 0 Å². The number of nitrogens with zero attached hydrogens (tertiary/aromatic N) is 1. The third kappa shape index (κ3) is 7.86. The summed E-state index contributed by atoms with van der Waals surface area (Å²) in [5.41, 5.74) is 0. The van der Waals surface area contributed by atoms with Gasteiger partial charge in [0.1, 0.15) is 0 Å². The van der Waals surface area contributed by atoms with E-state index < -0.39 is 12.6 Å². The van der Waals surface area contributed by atoms with Crippen molar-refractivity contribution in [1.82, 2.24) is 5.06 Å². The van der Waals surface area contributed by atoms with Gasteiger partial charge in [0.05, 0.1) is 0 Å². The average molecular weight is 181 g/mol. The highest BCUT2D eigenvalue weighted by atomic mass is 16.5. The second-order valence-electron chi connectivity index (χ2n) is 2.49. The quantitative estimate of drug-likeness (QED) is 0.242. The van der Waals surface area contributed by atoms with E-state index in [1.54, 1.807) is 0 Å². The summed E-state index contributed by atoms with van der Waals surface area (Å²) in [6, 6.07) is 0. The van der Waals surface area contributed by atoms with Crippen LogP contribution in [-0.4, -0.2) is 56.4 Å². The molecule has 0 rings (SSSR count). The molecule has 0 bridgehead atoms. The summed E-state index contributed by atoms with van der Waals surface area (Å²) < 4.78 is 0. The van der Waals surface area contributed by atoms with Gasteiger partial charge in [-0.1, -0.05) is 0 Å². The van der Waals surface area contributed by atoms with Gasteiger partial charge in [-0.3, -0.25) is 0 Å². The predicted molar refractivity (Wildman–Crippen MR) is 39.0 cm³/mol. The SMILES string of the molecule is OC(O)CCN(O)CCC(O)O. The fraction of sp³-hybridized carbons (Fsp3) is 1.00. The van der Waals surface area contributed by atoms with Crippen LogP contribution < -0.4 is 0 Å². The van der Waals surface area contributed by atoms with Crippen LogP contribution in [0, 0.1) is 0 Å². The first-order chi connectivity index (χ1) is 5.52. The molecule has 0 saturated carbocycles. The molecule has 6 nitrogen and oxygen atoms in total. The summed E-state index contributed by atoms with van der Waals surface area (Å²) in [7, 11) is 0. The van der Waals surface area contributed by atoms with Gasteiger partial charge in [0, 0.05) is 25.9 Å². The Bertz CT molecular complexity index is 96.1. The maximum atomic E-state index is 8.94. The Morgan fingerprint density at radius 2 is 1.17 bits per heavy atom. The molecule has 0 saturated heterocycles. The van der Waals surface area contributed by atoms with Gasteiger partial charge in [-0.2, -0.15) is 5.06 Å². The lowest BCUT2D eigenvalue weighted by molar-refractivity contribution is -0.134. The van der Waals surface area contributed by atoms with Gasteiger partial charge in [0.15, 0.2) is 12.6 Å². The minimum atomic E-state index is -1.45. The molecule has 0 aliphatic rings. The average Bonchev–Trinajstić information content (AvgIpc) is 1.96. The zero-order chi connectivity index (χ0) is 9.56. The first-order valence-electron chi connectivity index (χ1n) is 3.68. The second kappa shape index (κ2) is 6.30.